The summed E-state index contributed by atoms with van der Waals surface area (Å²) in [6, 6.07) is 5.57. The van der Waals surface area contributed by atoms with E-state index in [-0.39, 0.29) is 17.7 Å². The van der Waals surface area contributed by atoms with Crippen molar-refractivity contribution in [3.05, 3.63) is 35.4 Å². The van der Waals surface area contributed by atoms with Crippen LogP contribution in [0.5, 0.6) is 0 Å². The van der Waals surface area contributed by atoms with Crippen molar-refractivity contribution in [3.63, 3.8) is 0 Å². The van der Waals surface area contributed by atoms with Gasteiger partial charge in [0.05, 0.1) is 5.92 Å². The minimum Gasteiger partial charge on any atom is -0.481 e. The van der Waals surface area contributed by atoms with Crippen molar-refractivity contribution in [1.29, 1.82) is 0 Å². The normalized spacial score (nSPS) is 13.5. The minimum atomic E-state index is -3.07. The molecule has 1 rings (SSSR count). The SMILES string of the molecule is CC(F)(F)c1ccccc1C(CN)C(=O)O. The van der Waals surface area contributed by atoms with Gasteiger partial charge in [-0.15, -0.1) is 0 Å². The minimum absolute atomic E-state index is 0.0741. The number of aliphatic carboxylic acids is 1. The summed E-state index contributed by atoms with van der Waals surface area (Å²) in [5.41, 5.74) is 5.08. The van der Waals surface area contributed by atoms with Gasteiger partial charge in [0.15, 0.2) is 0 Å². The molecule has 88 valence electrons. The van der Waals surface area contributed by atoms with Gasteiger partial charge in [-0.25, -0.2) is 8.78 Å². The lowest BCUT2D eigenvalue weighted by atomic mass is 9.91. The van der Waals surface area contributed by atoms with Gasteiger partial charge in [-0.3, -0.25) is 4.79 Å². The monoisotopic (exact) mass is 229 g/mol. The third-order valence-electron chi connectivity index (χ3n) is 2.34. The van der Waals surface area contributed by atoms with Crippen LogP contribution >= 0.6 is 0 Å². The zero-order valence-corrected chi connectivity index (χ0v) is 8.78. The molecular weight excluding hydrogens is 216 g/mol. The Balaban J connectivity index is 3.27. The second kappa shape index (κ2) is 4.57. The number of halogens is 2. The number of hydrogen-bond acceptors (Lipinski definition) is 2. The van der Waals surface area contributed by atoms with Gasteiger partial charge >= 0.3 is 5.97 Å². The van der Waals surface area contributed by atoms with E-state index in [0.717, 1.165) is 6.92 Å². The van der Waals surface area contributed by atoms with Crippen LogP contribution in [-0.2, 0) is 10.7 Å². The molecule has 0 bridgehead atoms. The Hall–Kier alpha value is -1.49. The summed E-state index contributed by atoms with van der Waals surface area (Å²) in [5.74, 6) is -5.36. The number of nitrogens with two attached hydrogens (primary N) is 1. The molecule has 1 aromatic carbocycles. The third kappa shape index (κ3) is 2.55. The van der Waals surface area contributed by atoms with Gasteiger partial charge in [-0.1, -0.05) is 24.3 Å². The van der Waals surface area contributed by atoms with Gasteiger partial charge in [0, 0.05) is 19.0 Å². The number of carboxylic acid groups (broad SMARTS) is 1. The topological polar surface area (TPSA) is 63.3 Å². The zero-order chi connectivity index (χ0) is 12.3. The van der Waals surface area contributed by atoms with Gasteiger partial charge in [-0.05, 0) is 5.56 Å². The molecule has 0 saturated carbocycles. The summed E-state index contributed by atoms with van der Waals surface area (Å²) in [5, 5.41) is 8.89. The van der Waals surface area contributed by atoms with E-state index in [1.807, 2.05) is 0 Å². The van der Waals surface area contributed by atoms with E-state index < -0.39 is 17.8 Å². The third-order valence-corrected chi connectivity index (χ3v) is 2.34. The number of carbonyl (C=O) groups is 1. The first-order valence-electron chi connectivity index (χ1n) is 4.78. The molecular formula is C11H13F2NO2. The largest absolute Gasteiger partial charge is 0.481 e. The van der Waals surface area contributed by atoms with Crippen LogP contribution in [-0.4, -0.2) is 17.6 Å². The molecule has 1 atom stereocenters. The standard InChI is InChI=1S/C11H13F2NO2/c1-11(12,13)9-5-3-2-4-7(9)8(6-14)10(15)16/h2-5,8H,6,14H2,1H3,(H,15,16). The second-order valence-electron chi connectivity index (χ2n) is 3.60. The summed E-state index contributed by atoms with van der Waals surface area (Å²) >= 11 is 0. The number of benzene rings is 1. The molecule has 1 aromatic rings. The first kappa shape index (κ1) is 12.6. The van der Waals surface area contributed by atoms with Gasteiger partial charge in [0.2, 0.25) is 0 Å². The van der Waals surface area contributed by atoms with Gasteiger partial charge in [0.25, 0.3) is 5.92 Å². The van der Waals surface area contributed by atoms with Gasteiger partial charge in [0.1, 0.15) is 0 Å². The quantitative estimate of drug-likeness (QED) is 0.829. The maximum Gasteiger partial charge on any atom is 0.312 e. The average molecular weight is 229 g/mol. The van der Waals surface area contributed by atoms with Crippen LogP contribution in [0, 0.1) is 0 Å². The molecule has 0 aromatic heterocycles. The highest BCUT2D eigenvalue weighted by molar-refractivity contribution is 5.77. The number of rotatable bonds is 4. The lowest BCUT2D eigenvalue weighted by molar-refractivity contribution is -0.138. The molecule has 5 heteroatoms. The molecule has 0 heterocycles. The Labute approximate surface area is 91.9 Å². The van der Waals surface area contributed by atoms with E-state index in [0.29, 0.717) is 0 Å². The van der Waals surface area contributed by atoms with Crippen LogP contribution in [0.2, 0.25) is 0 Å². The van der Waals surface area contributed by atoms with E-state index in [9.17, 15) is 13.6 Å². The number of carboxylic acids is 1. The van der Waals surface area contributed by atoms with Crippen LogP contribution in [0.15, 0.2) is 24.3 Å². The Bertz CT molecular complexity index is 388. The highest BCUT2D eigenvalue weighted by Gasteiger charge is 2.31. The van der Waals surface area contributed by atoms with Gasteiger partial charge in [-0.2, -0.15) is 0 Å². The molecule has 0 aliphatic rings. The van der Waals surface area contributed by atoms with Crippen molar-refractivity contribution in [1.82, 2.24) is 0 Å². The summed E-state index contributed by atoms with van der Waals surface area (Å²) in [7, 11) is 0. The number of hydrogen-bond donors (Lipinski definition) is 2. The molecule has 0 radical (unpaired) electrons. The molecule has 16 heavy (non-hydrogen) atoms. The van der Waals surface area contributed by atoms with E-state index in [4.69, 9.17) is 10.8 Å². The predicted octanol–water partition coefficient (Wildman–Crippen LogP) is 1.93. The molecule has 3 nitrogen and oxygen atoms in total. The smallest absolute Gasteiger partial charge is 0.312 e. The lowest BCUT2D eigenvalue weighted by Crippen LogP contribution is -2.24. The van der Waals surface area contributed by atoms with Crippen molar-refractivity contribution >= 4 is 5.97 Å². The molecule has 0 aliphatic heterocycles. The fourth-order valence-electron chi connectivity index (χ4n) is 1.56. The van der Waals surface area contributed by atoms with Crippen LogP contribution in [0.4, 0.5) is 8.78 Å². The van der Waals surface area contributed by atoms with Crippen LogP contribution in [0.3, 0.4) is 0 Å². The first-order chi connectivity index (χ1) is 7.38. The molecule has 0 saturated heterocycles. The van der Waals surface area contributed by atoms with E-state index in [2.05, 4.69) is 0 Å². The average Bonchev–Trinajstić information content (AvgIpc) is 2.17. The molecule has 0 fully saturated rings. The molecule has 1 unspecified atom stereocenters. The van der Waals surface area contributed by atoms with Gasteiger partial charge < -0.3 is 10.8 Å². The molecule has 3 N–H and O–H groups in total. The number of alkyl halides is 2. The van der Waals surface area contributed by atoms with Crippen LogP contribution in [0.1, 0.15) is 24.0 Å². The van der Waals surface area contributed by atoms with E-state index in [1.54, 1.807) is 0 Å². The molecule has 0 spiro atoms. The molecule has 0 aliphatic carbocycles. The predicted molar refractivity (Wildman–Crippen MR) is 55.4 cm³/mol. The van der Waals surface area contributed by atoms with Crippen molar-refractivity contribution in [3.8, 4) is 0 Å². The molecule has 0 amide bonds. The second-order valence-corrected chi connectivity index (χ2v) is 3.60. The lowest BCUT2D eigenvalue weighted by Gasteiger charge is -2.19. The highest BCUT2D eigenvalue weighted by atomic mass is 19.3. The Morgan fingerprint density at radius 2 is 2.06 bits per heavy atom. The van der Waals surface area contributed by atoms with Crippen molar-refractivity contribution in [2.75, 3.05) is 6.54 Å². The summed E-state index contributed by atoms with van der Waals surface area (Å²) in [6.07, 6.45) is 0. The Kier molecular flexibility index (Phi) is 3.59. The van der Waals surface area contributed by atoms with E-state index >= 15 is 0 Å². The van der Waals surface area contributed by atoms with Crippen LogP contribution < -0.4 is 5.73 Å². The zero-order valence-electron chi connectivity index (χ0n) is 8.78. The maximum atomic E-state index is 13.2. The van der Waals surface area contributed by atoms with Crippen molar-refractivity contribution in [2.24, 2.45) is 5.73 Å². The first-order valence-corrected chi connectivity index (χ1v) is 4.78. The fraction of sp³-hybridized carbons (Fsp3) is 0.364. The maximum absolute atomic E-state index is 13.2. The summed E-state index contributed by atoms with van der Waals surface area (Å²) in [4.78, 5) is 10.9. The van der Waals surface area contributed by atoms with Crippen molar-refractivity contribution < 1.29 is 18.7 Å². The highest BCUT2D eigenvalue weighted by Crippen LogP contribution is 2.33. The summed E-state index contributed by atoms with van der Waals surface area (Å²) < 4.78 is 26.5. The summed E-state index contributed by atoms with van der Waals surface area (Å²) in [6.45, 7) is 0.531. The van der Waals surface area contributed by atoms with E-state index in [1.165, 1.54) is 24.3 Å². The Morgan fingerprint density at radius 3 is 2.50 bits per heavy atom. The Morgan fingerprint density at radius 1 is 1.50 bits per heavy atom. The van der Waals surface area contributed by atoms with Crippen LogP contribution in [0.25, 0.3) is 0 Å². The van der Waals surface area contributed by atoms with Crippen molar-refractivity contribution in [2.45, 2.75) is 18.8 Å². The fourth-order valence-corrected chi connectivity index (χ4v) is 1.56.